The van der Waals surface area contributed by atoms with Gasteiger partial charge in [-0.05, 0) is 80.5 Å². The van der Waals surface area contributed by atoms with E-state index < -0.39 is 5.97 Å². The van der Waals surface area contributed by atoms with E-state index >= 15 is 0 Å². The van der Waals surface area contributed by atoms with Crippen LogP contribution < -0.4 is 10.7 Å². The molecule has 4 N–H and O–H groups in total. The second-order valence-electron chi connectivity index (χ2n) is 6.71. The molecule has 0 aliphatic rings. The Balaban J connectivity index is 1.68. The number of aromatic hydroxyl groups is 1. The average Bonchev–Trinajstić information content (AvgIpc) is 2.98. The predicted molar refractivity (Wildman–Crippen MR) is 120 cm³/mol. The van der Waals surface area contributed by atoms with Gasteiger partial charge in [-0.25, -0.2) is 9.48 Å². The Hall–Kier alpha value is -3.72. The van der Waals surface area contributed by atoms with Gasteiger partial charge in [0.1, 0.15) is 0 Å². The Bertz CT molecular complexity index is 1140. The molecule has 0 radical (unpaired) electrons. The molecule has 9 heteroatoms. The number of aromatic carboxylic acids is 1. The minimum atomic E-state index is -0.997. The quantitative estimate of drug-likeness (QED) is 0.282. The topological polar surface area (TPSA) is 112 Å². The lowest BCUT2D eigenvalue weighted by atomic mass is 10.1. The minimum absolute atomic E-state index is 0.0237. The number of hydrogen-bond donors (Lipinski definition) is 4. The van der Waals surface area contributed by atoms with Gasteiger partial charge in [0.05, 0.1) is 28.7 Å². The SMILES string of the molecule is Cc1ccc(-n2nc(C)c(/C=N/NC(=S)Nc3ccc(C(=O)O)cc3)c2O)cc1C. The summed E-state index contributed by atoms with van der Waals surface area (Å²) in [7, 11) is 0. The third-order valence-corrected chi connectivity index (χ3v) is 4.76. The van der Waals surface area contributed by atoms with Crippen LogP contribution in [0.5, 0.6) is 5.88 Å². The van der Waals surface area contributed by atoms with Crippen molar-refractivity contribution in [2.75, 3.05) is 5.32 Å². The highest BCUT2D eigenvalue weighted by molar-refractivity contribution is 7.80. The molecule has 8 nitrogen and oxygen atoms in total. The van der Waals surface area contributed by atoms with Crippen molar-refractivity contribution in [3.8, 4) is 11.6 Å². The monoisotopic (exact) mass is 423 g/mol. The average molecular weight is 423 g/mol. The number of hydrazone groups is 1. The summed E-state index contributed by atoms with van der Waals surface area (Å²) in [5.41, 5.74) is 7.56. The number of aromatic nitrogens is 2. The molecule has 3 aromatic rings. The summed E-state index contributed by atoms with van der Waals surface area (Å²) in [5.74, 6) is -1.02. The lowest BCUT2D eigenvalue weighted by Gasteiger charge is -2.07. The summed E-state index contributed by atoms with van der Waals surface area (Å²) < 4.78 is 1.46. The van der Waals surface area contributed by atoms with Crippen LogP contribution in [0.3, 0.4) is 0 Å². The smallest absolute Gasteiger partial charge is 0.335 e. The summed E-state index contributed by atoms with van der Waals surface area (Å²) in [4.78, 5) is 10.9. The van der Waals surface area contributed by atoms with Crippen LogP contribution in [0.15, 0.2) is 47.6 Å². The number of benzene rings is 2. The summed E-state index contributed by atoms with van der Waals surface area (Å²) in [6, 6.07) is 12.0. The Morgan fingerprint density at radius 2 is 1.83 bits per heavy atom. The highest BCUT2D eigenvalue weighted by atomic mass is 32.1. The van der Waals surface area contributed by atoms with E-state index in [1.165, 1.54) is 23.0 Å². The van der Waals surface area contributed by atoms with Crippen molar-refractivity contribution in [2.24, 2.45) is 5.10 Å². The van der Waals surface area contributed by atoms with Crippen molar-refractivity contribution in [3.63, 3.8) is 0 Å². The van der Waals surface area contributed by atoms with E-state index in [9.17, 15) is 9.90 Å². The highest BCUT2D eigenvalue weighted by Gasteiger charge is 2.14. The zero-order valence-corrected chi connectivity index (χ0v) is 17.5. The molecule has 0 bridgehead atoms. The zero-order valence-electron chi connectivity index (χ0n) is 16.7. The Labute approximate surface area is 178 Å². The zero-order chi connectivity index (χ0) is 21.8. The van der Waals surface area contributed by atoms with E-state index in [4.69, 9.17) is 17.3 Å². The maximum absolute atomic E-state index is 10.9. The standard InChI is InChI=1S/C21H21N5O3S/c1-12-4-9-17(10-13(12)2)26-19(27)18(14(3)25-26)11-22-24-21(30)23-16-7-5-15(6-8-16)20(28)29/h4-11,27H,1-3H3,(H,28,29)(H2,23,24,30)/b22-11+. The number of rotatable bonds is 5. The molecule has 0 saturated heterocycles. The van der Waals surface area contributed by atoms with E-state index in [2.05, 4.69) is 20.9 Å². The molecule has 1 aromatic heterocycles. The fourth-order valence-corrected chi connectivity index (χ4v) is 2.90. The van der Waals surface area contributed by atoms with Gasteiger partial charge in [0.25, 0.3) is 0 Å². The van der Waals surface area contributed by atoms with Crippen LogP contribution in [-0.2, 0) is 0 Å². The van der Waals surface area contributed by atoms with Gasteiger partial charge in [-0.15, -0.1) is 0 Å². The van der Waals surface area contributed by atoms with Crippen molar-refractivity contribution < 1.29 is 15.0 Å². The van der Waals surface area contributed by atoms with E-state index in [1.807, 2.05) is 32.0 Å². The highest BCUT2D eigenvalue weighted by Crippen LogP contribution is 2.24. The van der Waals surface area contributed by atoms with Gasteiger partial charge in [-0.2, -0.15) is 10.2 Å². The van der Waals surface area contributed by atoms with Crippen molar-refractivity contribution in [2.45, 2.75) is 20.8 Å². The summed E-state index contributed by atoms with van der Waals surface area (Å²) in [6.45, 7) is 5.80. The first kappa shape index (κ1) is 21.0. The first-order valence-electron chi connectivity index (χ1n) is 9.06. The maximum atomic E-state index is 10.9. The van der Waals surface area contributed by atoms with Crippen LogP contribution in [0.4, 0.5) is 5.69 Å². The Morgan fingerprint density at radius 3 is 2.47 bits per heavy atom. The molecule has 2 aromatic carbocycles. The van der Waals surface area contributed by atoms with Crippen molar-refractivity contribution in [3.05, 3.63) is 70.4 Å². The third kappa shape index (κ3) is 4.64. The number of hydrogen-bond acceptors (Lipinski definition) is 5. The largest absolute Gasteiger partial charge is 0.493 e. The molecule has 154 valence electrons. The molecule has 0 fully saturated rings. The molecule has 0 saturated carbocycles. The maximum Gasteiger partial charge on any atom is 0.335 e. The molecule has 0 unspecified atom stereocenters. The van der Waals surface area contributed by atoms with Crippen molar-refractivity contribution in [1.29, 1.82) is 0 Å². The molecule has 1 heterocycles. The molecule has 0 atom stereocenters. The molecule has 3 rings (SSSR count). The number of nitrogens with one attached hydrogen (secondary N) is 2. The van der Waals surface area contributed by atoms with Crippen LogP contribution >= 0.6 is 12.2 Å². The number of carboxylic acid groups (broad SMARTS) is 1. The van der Waals surface area contributed by atoms with Crippen molar-refractivity contribution in [1.82, 2.24) is 15.2 Å². The molecule has 30 heavy (non-hydrogen) atoms. The number of nitrogens with zero attached hydrogens (tertiary/aromatic N) is 3. The second-order valence-corrected chi connectivity index (χ2v) is 7.12. The second kappa shape index (κ2) is 8.75. The Morgan fingerprint density at radius 1 is 1.13 bits per heavy atom. The third-order valence-electron chi connectivity index (χ3n) is 4.57. The van der Waals surface area contributed by atoms with Crippen LogP contribution in [0.25, 0.3) is 5.69 Å². The number of thiocarbonyl (C=S) groups is 1. The van der Waals surface area contributed by atoms with Gasteiger partial charge in [0.15, 0.2) is 5.11 Å². The summed E-state index contributed by atoms with van der Waals surface area (Å²) >= 11 is 5.17. The fourth-order valence-electron chi connectivity index (χ4n) is 2.73. The van der Waals surface area contributed by atoms with Gasteiger partial charge < -0.3 is 15.5 Å². The first-order valence-corrected chi connectivity index (χ1v) is 9.46. The molecular weight excluding hydrogens is 402 g/mol. The molecular formula is C21H21N5O3S. The van der Waals surface area contributed by atoms with Gasteiger partial charge in [-0.1, -0.05) is 6.07 Å². The summed E-state index contributed by atoms with van der Waals surface area (Å²) in [6.07, 6.45) is 1.44. The minimum Gasteiger partial charge on any atom is -0.493 e. The summed E-state index contributed by atoms with van der Waals surface area (Å²) in [5, 5.41) is 31.1. The first-order chi connectivity index (χ1) is 14.3. The number of aryl methyl sites for hydroxylation is 3. The normalized spacial score (nSPS) is 10.9. The van der Waals surface area contributed by atoms with Gasteiger partial charge in [-0.3, -0.25) is 5.43 Å². The van der Waals surface area contributed by atoms with Gasteiger partial charge >= 0.3 is 5.97 Å². The van der Waals surface area contributed by atoms with E-state index in [-0.39, 0.29) is 16.6 Å². The van der Waals surface area contributed by atoms with Gasteiger partial charge in [0.2, 0.25) is 5.88 Å². The molecule has 0 amide bonds. The number of carboxylic acids is 1. The predicted octanol–water partition coefficient (Wildman–Crippen LogP) is 3.52. The fraction of sp³-hybridized carbons (Fsp3) is 0.143. The Kier molecular flexibility index (Phi) is 6.12. The van der Waals surface area contributed by atoms with Gasteiger partial charge in [0, 0.05) is 5.69 Å². The van der Waals surface area contributed by atoms with E-state index in [0.29, 0.717) is 16.9 Å². The van der Waals surface area contributed by atoms with E-state index in [0.717, 1.165) is 16.8 Å². The molecule has 0 aliphatic heterocycles. The molecule has 0 spiro atoms. The lowest BCUT2D eigenvalue weighted by Crippen LogP contribution is -2.23. The number of carbonyl (C=O) groups is 1. The van der Waals surface area contributed by atoms with Crippen LogP contribution in [-0.4, -0.2) is 37.3 Å². The van der Waals surface area contributed by atoms with Crippen molar-refractivity contribution >= 4 is 35.2 Å². The van der Waals surface area contributed by atoms with E-state index in [1.54, 1.807) is 19.1 Å². The van der Waals surface area contributed by atoms with Crippen LogP contribution in [0, 0.1) is 20.8 Å². The van der Waals surface area contributed by atoms with Crippen LogP contribution in [0.1, 0.15) is 32.7 Å². The molecule has 0 aliphatic carbocycles. The number of anilines is 1. The van der Waals surface area contributed by atoms with Crippen LogP contribution in [0.2, 0.25) is 0 Å². The lowest BCUT2D eigenvalue weighted by molar-refractivity contribution is 0.0697.